The van der Waals surface area contributed by atoms with Crippen molar-refractivity contribution >= 4 is 28.8 Å². The van der Waals surface area contributed by atoms with Gasteiger partial charge in [-0.05, 0) is 47.3 Å². The Kier molecular flexibility index (Phi) is 7.44. The summed E-state index contributed by atoms with van der Waals surface area (Å²) in [7, 11) is 0. The fourth-order valence-corrected chi connectivity index (χ4v) is 4.36. The van der Waals surface area contributed by atoms with Gasteiger partial charge in [0, 0.05) is 22.7 Å². The lowest BCUT2D eigenvalue weighted by molar-refractivity contribution is -0.126. The van der Waals surface area contributed by atoms with Gasteiger partial charge in [0.2, 0.25) is 11.8 Å². The van der Waals surface area contributed by atoms with E-state index in [1.54, 1.807) is 6.07 Å². The molecule has 2 amide bonds. The number of nitrogens with one attached hydrogen (secondary N) is 1. The van der Waals surface area contributed by atoms with Gasteiger partial charge in [-0.3, -0.25) is 14.5 Å². The van der Waals surface area contributed by atoms with Crippen molar-refractivity contribution in [2.75, 3.05) is 4.90 Å². The normalized spacial score (nSPS) is 11.6. The molecule has 4 nitrogen and oxygen atoms in total. The number of thiophene rings is 1. The molecule has 0 fully saturated rings. The zero-order chi connectivity index (χ0) is 23.9. The van der Waals surface area contributed by atoms with Crippen LogP contribution in [0.4, 0.5) is 14.5 Å². The smallest absolute Gasteiger partial charge is 0.248 e. The van der Waals surface area contributed by atoms with E-state index in [4.69, 9.17) is 0 Å². The van der Waals surface area contributed by atoms with Gasteiger partial charge in [-0.1, -0.05) is 54.6 Å². The molecule has 3 aromatic carbocycles. The first-order valence-electron chi connectivity index (χ1n) is 10.7. The molecule has 7 heteroatoms. The molecule has 0 saturated heterocycles. The molecule has 172 valence electrons. The maximum absolute atomic E-state index is 15.0. The summed E-state index contributed by atoms with van der Waals surface area (Å²) in [5.41, 5.74) is 1.21. The topological polar surface area (TPSA) is 49.4 Å². The van der Waals surface area contributed by atoms with Crippen molar-refractivity contribution in [1.29, 1.82) is 0 Å². The van der Waals surface area contributed by atoms with Gasteiger partial charge >= 0.3 is 0 Å². The van der Waals surface area contributed by atoms with Gasteiger partial charge in [-0.2, -0.15) is 0 Å². The summed E-state index contributed by atoms with van der Waals surface area (Å²) in [4.78, 5) is 29.1. The SMILES string of the molecule is O=C(NCc1ccccc1)[C@@H](c1ccccc1F)N(C(=O)Cc1cccs1)c1ccc(F)cc1. The second-order valence-corrected chi connectivity index (χ2v) is 8.66. The number of rotatable bonds is 8. The third-order valence-electron chi connectivity index (χ3n) is 5.29. The Hall–Kier alpha value is -3.84. The van der Waals surface area contributed by atoms with E-state index in [1.165, 1.54) is 58.7 Å². The Bertz CT molecular complexity index is 1250. The van der Waals surface area contributed by atoms with Crippen LogP contribution in [0.15, 0.2) is 96.4 Å². The van der Waals surface area contributed by atoms with E-state index in [0.717, 1.165) is 10.4 Å². The molecule has 1 heterocycles. The highest BCUT2D eigenvalue weighted by Gasteiger charge is 2.34. The van der Waals surface area contributed by atoms with Crippen molar-refractivity contribution in [3.63, 3.8) is 0 Å². The van der Waals surface area contributed by atoms with E-state index in [9.17, 15) is 18.4 Å². The Morgan fingerprint density at radius 2 is 1.56 bits per heavy atom. The molecule has 1 aromatic heterocycles. The van der Waals surface area contributed by atoms with Gasteiger partial charge in [0.05, 0.1) is 6.42 Å². The second kappa shape index (κ2) is 10.9. The van der Waals surface area contributed by atoms with Crippen molar-refractivity contribution in [2.24, 2.45) is 0 Å². The van der Waals surface area contributed by atoms with E-state index in [-0.39, 0.29) is 18.5 Å². The Labute approximate surface area is 200 Å². The number of hydrogen-bond donors (Lipinski definition) is 1. The van der Waals surface area contributed by atoms with E-state index >= 15 is 0 Å². The quantitative estimate of drug-likeness (QED) is 0.357. The number of carbonyl (C=O) groups excluding carboxylic acids is 2. The number of carbonyl (C=O) groups is 2. The molecule has 0 bridgehead atoms. The number of amides is 2. The fourth-order valence-electron chi connectivity index (χ4n) is 3.66. The zero-order valence-electron chi connectivity index (χ0n) is 18.2. The number of hydrogen-bond acceptors (Lipinski definition) is 3. The Morgan fingerprint density at radius 1 is 0.853 bits per heavy atom. The van der Waals surface area contributed by atoms with E-state index < -0.39 is 29.5 Å². The van der Waals surface area contributed by atoms with Gasteiger partial charge in [-0.25, -0.2) is 8.78 Å². The molecule has 0 saturated carbocycles. The molecule has 0 radical (unpaired) electrons. The highest BCUT2D eigenvalue weighted by molar-refractivity contribution is 7.10. The van der Waals surface area contributed by atoms with Gasteiger partial charge in [0.1, 0.15) is 17.7 Å². The first-order valence-corrected chi connectivity index (χ1v) is 11.6. The fraction of sp³-hybridized carbons (Fsp3) is 0.111. The predicted octanol–water partition coefficient (Wildman–Crippen LogP) is 5.66. The minimum Gasteiger partial charge on any atom is -0.350 e. The van der Waals surface area contributed by atoms with Crippen molar-refractivity contribution in [3.05, 3.63) is 124 Å². The van der Waals surface area contributed by atoms with Crippen LogP contribution >= 0.6 is 11.3 Å². The minimum atomic E-state index is -1.29. The molecule has 0 aliphatic heterocycles. The van der Waals surface area contributed by atoms with Gasteiger partial charge in [-0.15, -0.1) is 11.3 Å². The van der Waals surface area contributed by atoms with Gasteiger partial charge < -0.3 is 5.32 Å². The van der Waals surface area contributed by atoms with Crippen molar-refractivity contribution in [3.8, 4) is 0 Å². The molecular formula is C27H22F2N2O2S. The Balaban J connectivity index is 1.74. The van der Waals surface area contributed by atoms with Gasteiger partial charge in [0.25, 0.3) is 0 Å². The number of nitrogens with zero attached hydrogens (tertiary/aromatic N) is 1. The lowest BCUT2D eigenvalue weighted by Crippen LogP contribution is -2.44. The summed E-state index contributed by atoms with van der Waals surface area (Å²) < 4.78 is 28.6. The third kappa shape index (κ3) is 5.55. The molecule has 4 rings (SSSR count). The third-order valence-corrected chi connectivity index (χ3v) is 6.17. The van der Waals surface area contributed by atoms with Crippen molar-refractivity contribution < 1.29 is 18.4 Å². The first-order chi connectivity index (χ1) is 16.5. The lowest BCUT2D eigenvalue weighted by Gasteiger charge is -2.31. The summed E-state index contributed by atoms with van der Waals surface area (Å²) in [6, 6.07) is 22.8. The van der Waals surface area contributed by atoms with E-state index in [2.05, 4.69) is 5.32 Å². The number of benzene rings is 3. The monoisotopic (exact) mass is 476 g/mol. The summed E-state index contributed by atoms with van der Waals surface area (Å²) in [6.07, 6.45) is 0.0198. The van der Waals surface area contributed by atoms with E-state index in [0.29, 0.717) is 5.69 Å². The minimum absolute atomic E-state index is 0.0198. The van der Waals surface area contributed by atoms with Crippen LogP contribution in [0.5, 0.6) is 0 Å². The summed E-state index contributed by atoms with van der Waals surface area (Å²) in [5.74, 6) is -2.04. The molecule has 4 aromatic rings. The summed E-state index contributed by atoms with van der Waals surface area (Å²) in [5, 5.41) is 4.68. The lowest BCUT2D eigenvalue weighted by atomic mass is 10.0. The largest absolute Gasteiger partial charge is 0.350 e. The summed E-state index contributed by atoms with van der Waals surface area (Å²) >= 11 is 1.41. The van der Waals surface area contributed by atoms with Crippen LogP contribution in [0.3, 0.4) is 0 Å². The standard InChI is InChI=1S/C27H22F2N2O2S/c28-20-12-14-21(15-13-20)31(25(32)17-22-9-6-16-34-22)26(23-10-4-5-11-24(23)29)27(33)30-18-19-7-2-1-3-8-19/h1-16,26H,17-18H2,(H,30,33)/t26-/m1/s1. The molecule has 0 spiro atoms. The molecule has 1 atom stereocenters. The van der Waals surface area contributed by atoms with Crippen LogP contribution in [0, 0.1) is 11.6 Å². The van der Waals surface area contributed by atoms with Crippen molar-refractivity contribution in [2.45, 2.75) is 19.0 Å². The van der Waals surface area contributed by atoms with E-state index in [1.807, 2.05) is 47.8 Å². The molecule has 0 aliphatic rings. The molecule has 1 N–H and O–H groups in total. The maximum atomic E-state index is 15.0. The molecular weight excluding hydrogens is 454 g/mol. The van der Waals surface area contributed by atoms with Crippen molar-refractivity contribution in [1.82, 2.24) is 5.32 Å². The predicted molar refractivity (Wildman–Crippen MR) is 129 cm³/mol. The Morgan fingerprint density at radius 3 is 2.24 bits per heavy atom. The highest BCUT2D eigenvalue weighted by Crippen LogP contribution is 2.31. The van der Waals surface area contributed by atoms with Crippen LogP contribution in [0.25, 0.3) is 0 Å². The second-order valence-electron chi connectivity index (χ2n) is 7.62. The van der Waals surface area contributed by atoms with Gasteiger partial charge in [0.15, 0.2) is 0 Å². The van der Waals surface area contributed by atoms with Crippen LogP contribution in [0.2, 0.25) is 0 Å². The number of anilines is 1. The molecule has 34 heavy (non-hydrogen) atoms. The van der Waals surface area contributed by atoms with Crippen LogP contribution in [-0.4, -0.2) is 11.8 Å². The zero-order valence-corrected chi connectivity index (χ0v) is 19.0. The average molecular weight is 477 g/mol. The number of halogens is 2. The molecule has 0 aliphatic carbocycles. The van der Waals surface area contributed by atoms with Crippen LogP contribution in [-0.2, 0) is 22.6 Å². The average Bonchev–Trinajstić information content (AvgIpc) is 3.36. The first kappa shape index (κ1) is 23.3. The molecule has 0 unspecified atom stereocenters. The highest BCUT2D eigenvalue weighted by atomic mass is 32.1. The maximum Gasteiger partial charge on any atom is 0.248 e. The summed E-state index contributed by atoms with van der Waals surface area (Å²) in [6.45, 7) is 0.209. The van der Waals surface area contributed by atoms with Crippen LogP contribution in [0.1, 0.15) is 22.0 Å². The van der Waals surface area contributed by atoms with Crippen LogP contribution < -0.4 is 10.2 Å².